The molecule has 4 fully saturated rings. The van der Waals surface area contributed by atoms with E-state index in [0.29, 0.717) is 0 Å². The second-order valence-corrected chi connectivity index (χ2v) is 16.3. The highest BCUT2D eigenvalue weighted by Crippen LogP contribution is 2.48. The van der Waals surface area contributed by atoms with E-state index in [-0.39, 0.29) is 23.3 Å². The van der Waals surface area contributed by atoms with E-state index in [1.54, 1.807) is 0 Å². The average molecular weight is 911 g/mol. The van der Waals surface area contributed by atoms with Gasteiger partial charge in [-0.05, 0) is 14.0 Å². The number of aliphatic hydroxyl groups is 8. The van der Waals surface area contributed by atoms with Gasteiger partial charge in [-0.1, -0.05) is 0 Å². The molecule has 0 radical (unpaired) electrons. The van der Waals surface area contributed by atoms with Crippen LogP contribution in [0.15, 0.2) is 22.6 Å². The number of guanidine groups is 2. The molecule has 3 saturated heterocycles. The number of nitrogens with one attached hydrogen (secondary N) is 1. The number of anilines is 1. The minimum absolute atomic E-state index is 0.0306. The molecule has 0 bridgehead atoms. The van der Waals surface area contributed by atoms with Gasteiger partial charge in [0.1, 0.15) is 91.1 Å². The molecule has 2 aromatic heterocycles. The van der Waals surface area contributed by atoms with Crippen LogP contribution in [0.1, 0.15) is 13.2 Å². The summed E-state index contributed by atoms with van der Waals surface area (Å²) in [4.78, 5) is 43.1. The Kier molecular flexibility index (Phi) is 14.3. The van der Waals surface area contributed by atoms with E-state index in [9.17, 15) is 55.1 Å². The minimum atomic E-state index is -5.31. The van der Waals surface area contributed by atoms with Crippen molar-refractivity contribution in [1.29, 1.82) is 0 Å². The Morgan fingerprint density at radius 1 is 0.903 bits per heavy atom. The molecule has 62 heavy (non-hydrogen) atoms. The first-order valence-corrected chi connectivity index (χ1v) is 20.3. The monoisotopic (exact) mass is 910 g/mol. The van der Waals surface area contributed by atoms with Gasteiger partial charge in [0.25, 0.3) is 0 Å². The third-order valence-electron chi connectivity index (χ3n) is 11.0. The van der Waals surface area contributed by atoms with Crippen LogP contribution in [0.3, 0.4) is 0 Å². The molecule has 348 valence electrons. The van der Waals surface area contributed by atoms with E-state index < -0.39 is 149 Å². The Labute approximate surface area is 349 Å². The van der Waals surface area contributed by atoms with E-state index in [4.69, 9.17) is 61.4 Å². The lowest BCUT2D eigenvalue weighted by molar-refractivity contribution is -0.313. The van der Waals surface area contributed by atoms with Crippen molar-refractivity contribution < 1.29 is 87.8 Å². The van der Waals surface area contributed by atoms with Crippen LogP contribution in [-0.2, 0) is 42.1 Å². The molecular weight excluding hydrogens is 859 g/mol. The van der Waals surface area contributed by atoms with Crippen molar-refractivity contribution in [3.05, 3.63) is 12.7 Å². The molecule has 6 rings (SSSR count). The highest BCUT2D eigenvalue weighted by atomic mass is 31.2. The van der Waals surface area contributed by atoms with Gasteiger partial charge in [-0.2, -0.15) is 0 Å². The highest BCUT2D eigenvalue weighted by molar-refractivity contribution is 7.47. The van der Waals surface area contributed by atoms with E-state index >= 15 is 0 Å². The maximum Gasteiger partial charge on any atom is 0.472 e. The number of aldehydes is 1. The minimum Gasteiger partial charge on any atom is -0.394 e. The summed E-state index contributed by atoms with van der Waals surface area (Å²) in [6, 6.07) is -4.71. The van der Waals surface area contributed by atoms with Crippen molar-refractivity contribution in [3.63, 3.8) is 0 Å². The standard InChI is InChI=1S/C31H51N12O18P/c1-8-31(52,5-45)23(28(56-8)59-21-12(42-30(35)36)17(48)11(41-29(33)34)18(49)19(21)50)60-27-13(37-2)22(16(47)9(3-44)58-27)61-62(53,54)55-4-10-15(46)20(51)26(57-10)43-7-40-14-24(32)38-6-39-25(14)43/h5-13,15-23,26-28,37,44,46-52H,3-4H2,1-2H3,(H,53,54)(H2,32,38,39)(H4,33,34,41)(H4,35,36,42)/t8-,9-,10+,11-,12+,13-,15+,16-,17-,18+,19-,20+,21-,22-,23-,26+,27-,28-,31+/m0/s1. The number of fused-ring (bicyclic) bond motifs is 1. The molecule has 0 aromatic carbocycles. The van der Waals surface area contributed by atoms with Gasteiger partial charge in [0, 0.05) is 0 Å². The van der Waals surface area contributed by atoms with Gasteiger partial charge in [-0.3, -0.25) is 18.4 Å². The molecule has 1 saturated carbocycles. The lowest BCUT2D eigenvalue weighted by Crippen LogP contribution is -2.67. The molecule has 3 aliphatic heterocycles. The van der Waals surface area contributed by atoms with Gasteiger partial charge in [-0.25, -0.2) is 29.5 Å². The smallest absolute Gasteiger partial charge is 0.394 e. The first kappa shape index (κ1) is 47.6. The molecule has 1 aliphatic carbocycles. The number of nitrogen functional groups attached to an aromatic ring is 1. The lowest BCUT2D eigenvalue weighted by atomic mass is 9.81. The number of aromatic nitrogens is 4. The summed E-state index contributed by atoms with van der Waals surface area (Å²) in [5.41, 5.74) is 25.6. The van der Waals surface area contributed by atoms with Gasteiger partial charge in [0.05, 0.1) is 31.7 Å². The Morgan fingerprint density at radius 3 is 2.21 bits per heavy atom. The number of carbonyl (C=O) groups is 1. The van der Waals surface area contributed by atoms with Crippen LogP contribution in [-0.4, -0.2) is 213 Å². The normalized spacial score (nSPS) is 42.0. The van der Waals surface area contributed by atoms with Crippen LogP contribution in [0.5, 0.6) is 0 Å². The topological polar surface area (TPSA) is 491 Å². The number of aliphatic hydroxyl groups excluding tert-OH is 7. The number of rotatable bonds is 15. The number of imidazole rings is 1. The number of hydrogen-bond donors (Lipinski definition) is 15. The van der Waals surface area contributed by atoms with E-state index in [1.807, 2.05) is 0 Å². The van der Waals surface area contributed by atoms with Crippen molar-refractivity contribution in [2.45, 2.75) is 123 Å². The van der Waals surface area contributed by atoms with Crippen molar-refractivity contribution in [1.82, 2.24) is 24.8 Å². The Morgan fingerprint density at radius 2 is 1.58 bits per heavy atom. The van der Waals surface area contributed by atoms with E-state index in [2.05, 4.69) is 30.3 Å². The van der Waals surface area contributed by atoms with E-state index in [0.717, 1.165) is 6.33 Å². The van der Waals surface area contributed by atoms with E-state index in [1.165, 1.54) is 24.9 Å². The van der Waals surface area contributed by atoms with Gasteiger partial charge in [-0.15, -0.1) is 0 Å². The number of nitrogens with zero attached hydrogens (tertiary/aromatic N) is 6. The number of phosphoric ester groups is 1. The Hall–Kier alpha value is -3.89. The van der Waals surface area contributed by atoms with Crippen LogP contribution in [0.4, 0.5) is 5.82 Å². The van der Waals surface area contributed by atoms with Crippen LogP contribution in [0, 0.1) is 0 Å². The summed E-state index contributed by atoms with van der Waals surface area (Å²) in [6.45, 7) is -0.578. The van der Waals surface area contributed by atoms with Crippen molar-refractivity contribution in [2.75, 3.05) is 26.0 Å². The number of hydrogen-bond acceptors (Lipinski definition) is 24. The third-order valence-corrected chi connectivity index (χ3v) is 11.9. The fraction of sp³-hybridized carbons (Fsp3) is 0.742. The van der Waals surface area contributed by atoms with Gasteiger partial charge in [0.15, 0.2) is 54.1 Å². The quantitative estimate of drug-likeness (QED) is 0.0341. The predicted molar refractivity (Wildman–Crippen MR) is 203 cm³/mol. The molecule has 5 heterocycles. The highest BCUT2D eigenvalue weighted by Gasteiger charge is 2.61. The molecule has 31 heteroatoms. The Balaban J connectivity index is 1.20. The average Bonchev–Trinajstić information content (AvgIpc) is 3.85. The number of aliphatic imine (C=N–C) groups is 2. The van der Waals surface area contributed by atoms with Crippen molar-refractivity contribution >= 4 is 43.0 Å². The molecular formula is C31H51N12O18P. The largest absolute Gasteiger partial charge is 0.472 e. The molecule has 0 amide bonds. The Bertz CT molecular complexity index is 2000. The predicted octanol–water partition coefficient (Wildman–Crippen LogP) is -8.98. The molecule has 4 aliphatic rings. The van der Waals surface area contributed by atoms with Crippen LogP contribution in [0.25, 0.3) is 11.2 Å². The van der Waals surface area contributed by atoms with Crippen molar-refractivity contribution in [3.8, 4) is 0 Å². The lowest BCUT2D eigenvalue weighted by Gasteiger charge is -2.46. The summed E-state index contributed by atoms with van der Waals surface area (Å²) >= 11 is 0. The molecule has 20 atom stereocenters. The number of phosphoric acid groups is 1. The summed E-state index contributed by atoms with van der Waals surface area (Å²) < 4.78 is 54.5. The van der Waals surface area contributed by atoms with Crippen LogP contribution < -0.4 is 34.0 Å². The van der Waals surface area contributed by atoms with Gasteiger partial charge in [0.2, 0.25) is 0 Å². The fourth-order valence-corrected chi connectivity index (χ4v) is 8.65. The number of likely N-dealkylation sites (N-methyl/N-ethyl adjacent to an activating group) is 1. The first-order chi connectivity index (χ1) is 29.2. The third kappa shape index (κ3) is 9.06. The van der Waals surface area contributed by atoms with Crippen LogP contribution in [0.2, 0.25) is 0 Å². The van der Waals surface area contributed by atoms with Gasteiger partial charge >= 0.3 is 7.82 Å². The summed E-state index contributed by atoms with van der Waals surface area (Å²) in [6.07, 6.45) is -23.7. The first-order valence-electron chi connectivity index (χ1n) is 18.8. The zero-order valence-electron chi connectivity index (χ0n) is 32.8. The zero-order valence-corrected chi connectivity index (χ0v) is 33.6. The maximum absolute atomic E-state index is 13.5. The molecule has 1 unspecified atom stereocenters. The molecule has 20 N–H and O–H groups in total. The van der Waals surface area contributed by atoms with Gasteiger partial charge < -0.3 is 103 Å². The number of ether oxygens (including phenoxy) is 5. The molecule has 0 spiro atoms. The second-order valence-electron chi connectivity index (χ2n) is 14.9. The van der Waals surface area contributed by atoms with Crippen LogP contribution >= 0.6 is 7.82 Å². The summed E-state index contributed by atoms with van der Waals surface area (Å²) in [5, 5.41) is 90.3. The number of nitrogens with two attached hydrogens (primary N) is 5. The second kappa shape index (κ2) is 18.7. The summed E-state index contributed by atoms with van der Waals surface area (Å²) in [7, 11) is -4.03. The van der Waals surface area contributed by atoms with Crippen molar-refractivity contribution in [2.24, 2.45) is 32.9 Å². The fourth-order valence-electron chi connectivity index (χ4n) is 7.69. The maximum atomic E-state index is 13.5. The number of carbonyl (C=O) groups excluding carboxylic acids is 1. The molecule has 30 nitrogen and oxygen atoms in total. The SMILES string of the molecule is CN[C@@H]1[C@H](O[C@H]2[C@H](O[C@@H]3[C@@H](O)[C@H](O)[C@@H](N=C(N)N)[C@H](O)[C@H]3N=C(N)N)O[C@@H](C)[C@]2(O)C=O)O[C@@H](CO)[C@H](O)[C@H]1OP(=O)(O)OC[C@H]1O[C@@H](n2cnc3c(N)ncnc32)[C@H](O)[C@@H]1O. The molecule has 2 aromatic rings. The zero-order chi connectivity index (χ0) is 45.6. The summed E-state index contributed by atoms with van der Waals surface area (Å²) in [5.74, 6) is -1.14.